The van der Waals surface area contributed by atoms with Crippen LogP contribution >= 0.6 is 12.4 Å². The monoisotopic (exact) mass is 874 g/mol. The summed E-state index contributed by atoms with van der Waals surface area (Å²) < 4.78 is 36.2. The summed E-state index contributed by atoms with van der Waals surface area (Å²) in [5.41, 5.74) is 7.74. The highest BCUT2D eigenvalue weighted by molar-refractivity contribution is 5.99. The van der Waals surface area contributed by atoms with Gasteiger partial charge < -0.3 is 32.9 Å². The molecular weight excluding hydrogens is 820 g/mol. The first kappa shape index (κ1) is 45.5. The van der Waals surface area contributed by atoms with Gasteiger partial charge in [0.05, 0.1) is 37.6 Å². The molecule has 2 aromatic heterocycles. The van der Waals surface area contributed by atoms with Gasteiger partial charge in [-0.2, -0.15) is 0 Å². The van der Waals surface area contributed by atoms with E-state index in [4.69, 9.17) is 27.8 Å². The molecule has 0 saturated carbocycles. The Morgan fingerprint density at radius 1 is 0.651 bits per heavy atom. The lowest BCUT2D eigenvalue weighted by Gasteiger charge is -2.27. The van der Waals surface area contributed by atoms with Crippen LogP contribution in [0, 0.1) is 13.8 Å². The van der Waals surface area contributed by atoms with E-state index in [0.717, 1.165) is 70.3 Å². The Hall–Kier alpha value is -5.53. The Balaban J connectivity index is 0.00000595. The molecule has 0 radical (unpaired) electrons. The SMILES string of the molecule is C=CCc1cc2c(-c3ccccc3)c(CN3CCOCC3)c(=O)oc2c(C)c1OCC(O)COc1c(CC=C)cc2c(-c3ccccc3)c(CN3CCOCC3)c(=O)oc2c1C.Cl. The summed E-state index contributed by atoms with van der Waals surface area (Å²) in [5.74, 6) is 1.02. The van der Waals surface area contributed by atoms with Crippen LogP contribution in [-0.4, -0.2) is 86.8 Å². The molecular formula is C51H55ClN2O9. The minimum Gasteiger partial charge on any atom is -0.490 e. The fraction of sp³-hybridized carbons (Fsp3) is 0.333. The largest absolute Gasteiger partial charge is 0.490 e. The lowest BCUT2D eigenvalue weighted by Crippen LogP contribution is -2.37. The maximum absolute atomic E-state index is 13.9. The van der Waals surface area contributed by atoms with Crippen molar-refractivity contribution >= 4 is 34.3 Å². The summed E-state index contributed by atoms with van der Waals surface area (Å²) in [7, 11) is 0. The number of rotatable bonds is 16. The standard InChI is InChI=1S/C51H54N2O9.ClH/c1-5-13-37-27-40-44(35-15-9-7-10-16-35)42(29-52-19-23-57-24-20-52)50(55)61-48(40)33(3)46(37)59-31-39(54)32-60-47-34(4)49-41(28-38(47)14-6-2)45(36-17-11-8-12-18-36)43(51(56)62-49)30-53-21-25-58-26-22-53;/h5-12,15-18,27-28,39,54H,1-2,13-14,19-26,29-32H2,3-4H3;1H. The first-order valence-corrected chi connectivity index (χ1v) is 21.4. The first-order valence-electron chi connectivity index (χ1n) is 21.4. The molecule has 2 saturated heterocycles. The van der Waals surface area contributed by atoms with Gasteiger partial charge in [0.15, 0.2) is 0 Å². The van der Waals surface area contributed by atoms with Crippen LogP contribution in [0.15, 0.2) is 117 Å². The molecule has 0 spiro atoms. The molecule has 2 aliphatic heterocycles. The number of morpholine rings is 2. The number of ether oxygens (including phenoxy) is 4. The molecule has 8 rings (SSSR count). The highest BCUT2D eigenvalue weighted by atomic mass is 35.5. The second-order valence-corrected chi connectivity index (χ2v) is 16.0. The van der Waals surface area contributed by atoms with E-state index in [1.807, 2.05) is 86.6 Å². The van der Waals surface area contributed by atoms with Crippen molar-refractivity contribution in [2.24, 2.45) is 0 Å². The van der Waals surface area contributed by atoms with Gasteiger partial charge in [0, 0.05) is 72.3 Å². The van der Waals surface area contributed by atoms with E-state index in [2.05, 4.69) is 23.0 Å². The lowest BCUT2D eigenvalue weighted by atomic mass is 9.93. The van der Waals surface area contributed by atoms with Crippen LogP contribution in [0.3, 0.4) is 0 Å². The van der Waals surface area contributed by atoms with Crippen LogP contribution in [-0.2, 0) is 35.4 Å². The number of benzene rings is 4. The topological polar surface area (TPSA) is 124 Å². The molecule has 2 fully saturated rings. The molecule has 6 aromatic rings. The summed E-state index contributed by atoms with van der Waals surface area (Å²) in [6, 6.07) is 23.9. The molecule has 0 unspecified atom stereocenters. The van der Waals surface area contributed by atoms with Crippen molar-refractivity contribution in [1.29, 1.82) is 0 Å². The molecule has 2 aliphatic rings. The quantitative estimate of drug-likeness (QED) is 0.0748. The van der Waals surface area contributed by atoms with Gasteiger partial charge in [0.1, 0.15) is 42.0 Å². The number of hydrogen-bond donors (Lipinski definition) is 1. The molecule has 12 heteroatoms. The lowest BCUT2D eigenvalue weighted by molar-refractivity contribution is 0.0338. The highest BCUT2D eigenvalue weighted by Crippen LogP contribution is 2.40. The molecule has 0 amide bonds. The van der Waals surface area contributed by atoms with E-state index in [1.165, 1.54) is 0 Å². The van der Waals surface area contributed by atoms with E-state index >= 15 is 0 Å². The summed E-state index contributed by atoms with van der Waals surface area (Å²) in [5, 5.41) is 13.0. The number of hydrogen-bond acceptors (Lipinski definition) is 11. The van der Waals surface area contributed by atoms with Crippen LogP contribution in [0.4, 0.5) is 0 Å². The van der Waals surface area contributed by atoms with Gasteiger partial charge in [0.2, 0.25) is 0 Å². The second kappa shape index (κ2) is 20.8. The summed E-state index contributed by atoms with van der Waals surface area (Å²) in [6.45, 7) is 17.8. The van der Waals surface area contributed by atoms with E-state index < -0.39 is 17.4 Å². The van der Waals surface area contributed by atoms with Gasteiger partial charge in [-0.3, -0.25) is 9.80 Å². The number of aryl methyl sites for hydroxylation is 2. The zero-order valence-electron chi connectivity index (χ0n) is 36.0. The fourth-order valence-corrected chi connectivity index (χ4v) is 8.72. The van der Waals surface area contributed by atoms with E-state index in [9.17, 15) is 14.7 Å². The van der Waals surface area contributed by atoms with Gasteiger partial charge in [-0.05, 0) is 61.1 Å². The van der Waals surface area contributed by atoms with Crippen molar-refractivity contribution in [2.45, 2.75) is 45.9 Å². The summed E-state index contributed by atoms with van der Waals surface area (Å²) >= 11 is 0. The fourth-order valence-electron chi connectivity index (χ4n) is 8.72. The van der Waals surface area contributed by atoms with Gasteiger partial charge >= 0.3 is 11.3 Å². The molecule has 330 valence electrons. The van der Waals surface area contributed by atoms with Crippen LogP contribution in [0.5, 0.6) is 11.5 Å². The minimum atomic E-state index is -1.06. The van der Waals surface area contributed by atoms with E-state index in [-0.39, 0.29) is 25.6 Å². The van der Waals surface area contributed by atoms with Gasteiger partial charge in [-0.25, -0.2) is 9.59 Å². The number of aliphatic hydroxyl groups excluding tert-OH is 1. The molecule has 0 atom stereocenters. The number of aliphatic hydroxyl groups is 1. The third-order valence-corrected chi connectivity index (χ3v) is 11.8. The van der Waals surface area contributed by atoms with E-state index in [1.54, 1.807) is 12.2 Å². The molecule has 0 aliphatic carbocycles. The molecule has 1 N–H and O–H groups in total. The maximum atomic E-state index is 13.9. The molecule has 11 nitrogen and oxygen atoms in total. The first-order chi connectivity index (χ1) is 30.2. The normalized spacial score (nSPS) is 14.8. The van der Waals surface area contributed by atoms with Crippen LogP contribution in [0.2, 0.25) is 0 Å². The maximum Gasteiger partial charge on any atom is 0.341 e. The van der Waals surface area contributed by atoms with Crippen LogP contribution in [0.1, 0.15) is 33.4 Å². The van der Waals surface area contributed by atoms with Crippen LogP contribution in [0.25, 0.3) is 44.2 Å². The molecule has 4 heterocycles. The Morgan fingerprint density at radius 3 is 1.40 bits per heavy atom. The Morgan fingerprint density at radius 2 is 1.03 bits per heavy atom. The third-order valence-electron chi connectivity index (χ3n) is 11.8. The highest BCUT2D eigenvalue weighted by Gasteiger charge is 2.26. The van der Waals surface area contributed by atoms with Gasteiger partial charge in [-0.15, -0.1) is 25.6 Å². The Bertz CT molecular complexity index is 2500. The van der Waals surface area contributed by atoms with Crippen LogP contribution < -0.4 is 20.7 Å². The second-order valence-electron chi connectivity index (χ2n) is 16.0. The number of nitrogens with zero attached hydrogens (tertiary/aromatic N) is 2. The van der Waals surface area contributed by atoms with Gasteiger partial charge in [-0.1, -0.05) is 72.8 Å². The number of allylic oxidation sites excluding steroid dienone is 2. The number of halogens is 1. The average molecular weight is 875 g/mol. The zero-order chi connectivity index (χ0) is 43.2. The smallest absolute Gasteiger partial charge is 0.341 e. The Labute approximate surface area is 373 Å². The van der Waals surface area contributed by atoms with Gasteiger partial charge in [0.25, 0.3) is 0 Å². The predicted molar refractivity (Wildman–Crippen MR) is 250 cm³/mol. The molecule has 4 aromatic carbocycles. The third kappa shape index (κ3) is 9.84. The van der Waals surface area contributed by atoms with Crippen molar-refractivity contribution < 1.29 is 32.9 Å². The number of fused-ring (bicyclic) bond motifs is 2. The van der Waals surface area contributed by atoms with E-state index in [0.29, 0.717) is 97.3 Å². The summed E-state index contributed by atoms with van der Waals surface area (Å²) in [4.78, 5) is 32.2. The average Bonchev–Trinajstić information content (AvgIpc) is 3.29. The van der Waals surface area contributed by atoms with Crippen molar-refractivity contribution in [1.82, 2.24) is 9.80 Å². The predicted octanol–water partition coefficient (Wildman–Crippen LogP) is 8.21. The van der Waals surface area contributed by atoms with Crippen molar-refractivity contribution in [2.75, 3.05) is 65.8 Å². The molecule has 0 bridgehead atoms. The summed E-state index contributed by atoms with van der Waals surface area (Å²) in [6.07, 6.45) is 3.52. The zero-order valence-corrected chi connectivity index (χ0v) is 36.8. The van der Waals surface area contributed by atoms with Crippen molar-refractivity contribution in [3.05, 3.63) is 152 Å². The molecule has 63 heavy (non-hydrogen) atoms. The minimum absolute atomic E-state index is 0. The Kier molecular flexibility index (Phi) is 15.0. The van der Waals surface area contributed by atoms with Crippen molar-refractivity contribution in [3.63, 3.8) is 0 Å². The van der Waals surface area contributed by atoms with Crippen molar-refractivity contribution in [3.8, 4) is 33.8 Å².